The highest BCUT2D eigenvalue weighted by Gasteiger charge is 2.04. The fourth-order valence-electron chi connectivity index (χ4n) is 1.60. The van der Waals surface area contributed by atoms with Crippen LogP contribution in [0.4, 0.5) is 5.69 Å². The molecular weight excluding hydrogens is 284 g/mol. The molecule has 0 aliphatic heterocycles. The highest BCUT2D eigenvalue weighted by atomic mass is 35.5. The third-order valence-electron chi connectivity index (χ3n) is 2.44. The summed E-state index contributed by atoms with van der Waals surface area (Å²) in [6, 6.07) is 7.79. The summed E-state index contributed by atoms with van der Waals surface area (Å²) in [5, 5.41) is 18.1. The van der Waals surface area contributed by atoms with Gasteiger partial charge < -0.3 is 5.32 Å². The van der Waals surface area contributed by atoms with Crippen LogP contribution in [0.1, 0.15) is 5.01 Å². The Morgan fingerprint density at radius 1 is 1.37 bits per heavy atom. The van der Waals surface area contributed by atoms with E-state index >= 15 is 0 Å². The van der Waals surface area contributed by atoms with Crippen molar-refractivity contribution in [1.82, 2.24) is 25.6 Å². The second-order valence-corrected chi connectivity index (χ2v) is 5.47. The number of aromatic nitrogens is 5. The largest absolute Gasteiger partial charge is 0.379 e. The molecule has 0 radical (unpaired) electrons. The van der Waals surface area contributed by atoms with E-state index in [-0.39, 0.29) is 0 Å². The molecule has 3 rings (SSSR count). The van der Waals surface area contributed by atoms with Gasteiger partial charge in [0.2, 0.25) is 5.82 Å². The average Bonchev–Trinajstić information content (AvgIpc) is 3.08. The summed E-state index contributed by atoms with van der Waals surface area (Å²) in [6.45, 7) is 0.632. The van der Waals surface area contributed by atoms with Gasteiger partial charge in [-0.3, -0.25) is 0 Å². The van der Waals surface area contributed by atoms with Crippen molar-refractivity contribution in [3.05, 3.63) is 39.8 Å². The minimum atomic E-state index is 0.570. The molecule has 0 spiro atoms. The minimum absolute atomic E-state index is 0.570. The van der Waals surface area contributed by atoms with Crippen LogP contribution < -0.4 is 5.32 Å². The van der Waals surface area contributed by atoms with Gasteiger partial charge in [-0.25, -0.2) is 4.98 Å². The van der Waals surface area contributed by atoms with Crippen molar-refractivity contribution in [3.8, 4) is 11.4 Å². The van der Waals surface area contributed by atoms with Crippen molar-refractivity contribution < 1.29 is 0 Å². The van der Waals surface area contributed by atoms with Crippen LogP contribution in [-0.4, -0.2) is 25.6 Å². The number of aromatic amines is 1. The highest BCUT2D eigenvalue weighted by molar-refractivity contribution is 7.15. The Kier molecular flexibility index (Phi) is 3.39. The second-order valence-electron chi connectivity index (χ2n) is 3.73. The van der Waals surface area contributed by atoms with Gasteiger partial charge in [0.1, 0.15) is 9.34 Å². The van der Waals surface area contributed by atoms with Gasteiger partial charge in [-0.15, -0.1) is 21.5 Å². The van der Waals surface area contributed by atoms with Crippen molar-refractivity contribution in [2.24, 2.45) is 0 Å². The molecule has 0 amide bonds. The number of thiazole rings is 1. The Morgan fingerprint density at radius 2 is 2.32 bits per heavy atom. The maximum Gasteiger partial charge on any atom is 0.204 e. The summed E-state index contributed by atoms with van der Waals surface area (Å²) in [5.74, 6) is 0.570. The Hall–Kier alpha value is -1.99. The van der Waals surface area contributed by atoms with Gasteiger partial charge >= 0.3 is 0 Å². The van der Waals surface area contributed by atoms with Gasteiger partial charge in [-0.05, 0) is 17.3 Å². The number of rotatable bonds is 4. The van der Waals surface area contributed by atoms with Crippen LogP contribution in [0.5, 0.6) is 0 Å². The minimum Gasteiger partial charge on any atom is -0.379 e. The SMILES string of the molecule is Clc1cnc(CNc2cccc(-c3nn[nH]n3)c2)s1. The summed E-state index contributed by atoms with van der Waals surface area (Å²) in [5.41, 5.74) is 1.87. The Bertz CT molecular complexity index is 665. The zero-order chi connectivity index (χ0) is 13.1. The maximum absolute atomic E-state index is 5.84. The van der Waals surface area contributed by atoms with Crippen LogP contribution in [-0.2, 0) is 6.54 Å². The zero-order valence-electron chi connectivity index (χ0n) is 9.67. The first-order valence-electron chi connectivity index (χ1n) is 5.49. The topological polar surface area (TPSA) is 79.4 Å². The van der Waals surface area contributed by atoms with Crippen LogP contribution >= 0.6 is 22.9 Å². The molecule has 0 aliphatic rings. The monoisotopic (exact) mass is 292 g/mol. The molecule has 3 aromatic rings. The number of anilines is 1. The smallest absolute Gasteiger partial charge is 0.204 e. The third-order valence-corrected chi connectivity index (χ3v) is 3.55. The fraction of sp³-hybridized carbons (Fsp3) is 0.0909. The lowest BCUT2D eigenvalue weighted by Crippen LogP contribution is -1.98. The summed E-state index contributed by atoms with van der Waals surface area (Å²) in [7, 11) is 0. The van der Waals surface area contributed by atoms with E-state index in [4.69, 9.17) is 11.6 Å². The normalized spacial score (nSPS) is 10.6. The van der Waals surface area contributed by atoms with E-state index in [0.29, 0.717) is 16.7 Å². The number of nitrogens with one attached hydrogen (secondary N) is 2. The second kappa shape index (κ2) is 5.33. The molecule has 96 valence electrons. The van der Waals surface area contributed by atoms with E-state index in [1.807, 2.05) is 24.3 Å². The maximum atomic E-state index is 5.84. The Balaban J connectivity index is 1.73. The van der Waals surface area contributed by atoms with Crippen LogP contribution in [0.25, 0.3) is 11.4 Å². The van der Waals surface area contributed by atoms with Gasteiger partial charge in [0, 0.05) is 11.3 Å². The number of hydrogen-bond donors (Lipinski definition) is 2. The summed E-state index contributed by atoms with van der Waals surface area (Å²) < 4.78 is 0.692. The number of benzene rings is 1. The van der Waals surface area contributed by atoms with Gasteiger partial charge in [-0.2, -0.15) is 5.21 Å². The predicted octanol–water partition coefficient (Wildman–Crippen LogP) is 2.59. The number of nitrogens with zero attached hydrogens (tertiary/aromatic N) is 4. The number of tetrazole rings is 1. The molecule has 2 heterocycles. The Labute approximate surface area is 117 Å². The quantitative estimate of drug-likeness (QED) is 0.772. The lowest BCUT2D eigenvalue weighted by Gasteiger charge is -2.05. The average molecular weight is 293 g/mol. The molecule has 0 atom stereocenters. The fourth-order valence-corrected chi connectivity index (χ4v) is 2.50. The van der Waals surface area contributed by atoms with Gasteiger partial charge in [-0.1, -0.05) is 23.7 Å². The van der Waals surface area contributed by atoms with Crippen molar-refractivity contribution in [3.63, 3.8) is 0 Å². The van der Waals surface area contributed by atoms with Gasteiger partial charge in [0.05, 0.1) is 12.7 Å². The van der Waals surface area contributed by atoms with E-state index in [0.717, 1.165) is 16.3 Å². The molecule has 19 heavy (non-hydrogen) atoms. The van der Waals surface area contributed by atoms with Crippen molar-refractivity contribution >= 4 is 28.6 Å². The van der Waals surface area contributed by atoms with Crippen LogP contribution in [0.3, 0.4) is 0 Å². The standard InChI is InChI=1S/C11H9ClN6S/c12-9-5-14-10(19-9)6-13-8-3-1-2-7(4-8)11-15-17-18-16-11/h1-5,13H,6H2,(H,15,16,17,18). The van der Waals surface area contributed by atoms with E-state index in [9.17, 15) is 0 Å². The van der Waals surface area contributed by atoms with Crippen LogP contribution in [0.15, 0.2) is 30.5 Å². The lowest BCUT2D eigenvalue weighted by molar-refractivity contribution is 0.881. The first-order chi connectivity index (χ1) is 9.31. The van der Waals surface area contributed by atoms with E-state index in [2.05, 4.69) is 30.9 Å². The first-order valence-corrected chi connectivity index (χ1v) is 6.69. The molecule has 0 aliphatic carbocycles. The number of halogens is 1. The molecule has 2 N–H and O–H groups in total. The van der Waals surface area contributed by atoms with Crippen LogP contribution in [0.2, 0.25) is 4.34 Å². The molecule has 1 aromatic carbocycles. The van der Waals surface area contributed by atoms with Gasteiger partial charge in [0.25, 0.3) is 0 Å². The molecular formula is C11H9ClN6S. The summed E-state index contributed by atoms with van der Waals surface area (Å²) >= 11 is 7.30. The molecule has 6 nitrogen and oxygen atoms in total. The number of hydrogen-bond acceptors (Lipinski definition) is 6. The van der Waals surface area contributed by atoms with Gasteiger partial charge in [0.15, 0.2) is 0 Å². The molecule has 0 bridgehead atoms. The molecule has 2 aromatic heterocycles. The Morgan fingerprint density at radius 3 is 3.05 bits per heavy atom. The van der Waals surface area contributed by atoms with Crippen molar-refractivity contribution in [1.29, 1.82) is 0 Å². The first kappa shape index (κ1) is 12.1. The van der Waals surface area contributed by atoms with Crippen LogP contribution in [0, 0.1) is 0 Å². The van der Waals surface area contributed by atoms with E-state index in [1.165, 1.54) is 11.3 Å². The van der Waals surface area contributed by atoms with Crippen molar-refractivity contribution in [2.75, 3.05) is 5.32 Å². The number of H-pyrrole nitrogens is 1. The zero-order valence-corrected chi connectivity index (χ0v) is 11.2. The highest BCUT2D eigenvalue weighted by Crippen LogP contribution is 2.21. The van der Waals surface area contributed by atoms with E-state index in [1.54, 1.807) is 6.20 Å². The lowest BCUT2D eigenvalue weighted by atomic mass is 10.2. The van der Waals surface area contributed by atoms with E-state index < -0.39 is 0 Å². The molecule has 0 unspecified atom stereocenters. The third kappa shape index (κ3) is 2.88. The summed E-state index contributed by atoms with van der Waals surface area (Å²) in [4.78, 5) is 4.19. The molecule has 0 saturated carbocycles. The molecule has 8 heteroatoms. The van der Waals surface area contributed by atoms with Crippen molar-refractivity contribution in [2.45, 2.75) is 6.54 Å². The summed E-state index contributed by atoms with van der Waals surface area (Å²) in [6.07, 6.45) is 1.65. The molecule has 0 saturated heterocycles. The molecule has 0 fully saturated rings. The predicted molar refractivity (Wildman–Crippen MR) is 74.1 cm³/mol.